The SMILES string of the molecule is O=C(/C=C/NC(=O)c1ccccc1)c1ccccc1. The summed E-state index contributed by atoms with van der Waals surface area (Å²) in [7, 11) is 0. The maximum absolute atomic E-state index is 11.7. The monoisotopic (exact) mass is 251 g/mol. The molecule has 1 N–H and O–H groups in total. The molecule has 0 aliphatic carbocycles. The highest BCUT2D eigenvalue weighted by atomic mass is 16.1. The topological polar surface area (TPSA) is 46.2 Å². The largest absolute Gasteiger partial charge is 0.328 e. The van der Waals surface area contributed by atoms with Gasteiger partial charge in [-0.3, -0.25) is 9.59 Å². The van der Waals surface area contributed by atoms with E-state index in [2.05, 4.69) is 5.32 Å². The van der Waals surface area contributed by atoms with Crippen molar-refractivity contribution >= 4 is 11.7 Å². The molecule has 0 aliphatic heterocycles. The summed E-state index contributed by atoms with van der Waals surface area (Å²) < 4.78 is 0. The second-order valence-electron chi connectivity index (χ2n) is 3.90. The summed E-state index contributed by atoms with van der Waals surface area (Å²) in [5, 5.41) is 2.56. The lowest BCUT2D eigenvalue weighted by atomic mass is 10.1. The number of rotatable bonds is 4. The van der Waals surface area contributed by atoms with Crippen LogP contribution in [-0.4, -0.2) is 11.7 Å². The van der Waals surface area contributed by atoms with E-state index in [4.69, 9.17) is 0 Å². The van der Waals surface area contributed by atoms with Gasteiger partial charge in [-0.1, -0.05) is 48.5 Å². The number of benzene rings is 2. The van der Waals surface area contributed by atoms with E-state index in [0.717, 1.165) is 0 Å². The maximum Gasteiger partial charge on any atom is 0.255 e. The summed E-state index contributed by atoms with van der Waals surface area (Å²) in [6.07, 6.45) is 2.71. The third kappa shape index (κ3) is 3.64. The van der Waals surface area contributed by atoms with Gasteiger partial charge in [-0.2, -0.15) is 0 Å². The van der Waals surface area contributed by atoms with E-state index in [1.54, 1.807) is 48.5 Å². The highest BCUT2D eigenvalue weighted by Crippen LogP contribution is 2.01. The molecular formula is C16H13NO2. The van der Waals surface area contributed by atoms with Gasteiger partial charge in [-0.15, -0.1) is 0 Å². The van der Waals surface area contributed by atoms with E-state index in [1.807, 2.05) is 12.1 Å². The molecule has 0 saturated carbocycles. The molecule has 0 aliphatic rings. The van der Waals surface area contributed by atoms with Crippen molar-refractivity contribution in [2.75, 3.05) is 0 Å². The second kappa shape index (κ2) is 6.31. The number of amides is 1. The molecule has 0 saturated heterocycles. The standard InChI is InChI=1S/C16H13NO2/c18-15(13-7-3-1-4-8-13)11-12-17-16(19)14-9-5-2-6-10-14/h1-12H,(H,17,19)/b12-11+. The smallest absolute Gasteiger partial charge is 0.255 e. The number of nitrogens with one attached hydrogen (secondary N) is 1. The highest BCUT2D eigenvalue weighted by molar-refractivity contribution is 6.05. The third-order valence-corrected chi connectivity index (χ3v) is 2.54. The number of hydrogen-bond donors (Lipinski definition) is 1. The molecule has 2 aromatic rings. The molecule has 94 valence electrons. The Hall–Kier alpha value is -2.68. The Labute approximate surface area is 111 Å². The summed E-state index contributed by atoms with van der Waals surface area (Å²) in [5.74, 6) is -0.383. The third-order valence-electron chi connectivity index (χ3n) is 2.54. The number of carbonyl (C=O) groups excluding carboxylic acids is 2. The van der Waals surface area contributed by atoms with Gasteiger partial charge in [0.1, 0.15) is 0 Å². The van der Waals surface area contributed by atoms with Crippen LogP contribution in [0.1, 0.15) is 20.7 Å². The van der Waals surface area contributed by atoms with Crippen LogP contribution in [0.2, 0.25) is 0 Å². The molecular weight excluding hydrogens is 238 g/mol. The lowest BCUT2D eigenvalue weighted by Gasteiger charge is -1.99. The summed E-state index contributed by atoms with van der Waals surface area (Å²) in [6.45, 7) is 0. The zero-order chi connectivity index (χ0) is 13.5. The Morgan fingerprint density at radius 3 is 1.89 bits per heavy atom. The normalized spacial score (nSPS) is 10.3. The first-order valence-electron chi connectivity index (χ1n) is 5.89. The maximum atomic E-state index is 11.7. The van der Waals surface area contributed by atoms with E-state index in [0.29, 0.717) is 11.1 Å². The molecule has 2 rings (SSSR count). The van der Waals surface area contributed by atoms with E-state index >= 15 is 0 Å². The van der Waals surface area contributed by atoms with Gasteiger partial charge >= 0.3 is 0 Å². The van der Waals surface area contributed by atoms with Crippen molar-refractivity contribution in [3.05, 3.63) is 84.1 Å². The van der Waals surface area contributed by atoms with E-state index < -0.39 is 0 Å². The van der Waals surface area contributed by atoms with Crippen LogP contribution in [0.4, 0.5) is 0 Å². The molecule has 0 heterocycles. The number of hydrogen-bond acceptors (Lipinski definition) is 2. The first-order chi connectivity index (χ1) is 9.27. The minimum atomic E-state index is -0.238. The fourth-order valence-corrected chi connectivity index (χ4v) is 1.56. The molecule has 0 atom stereocenters. The highest BCUT2D eigenvalue weighted by Gasteiger charge is 2.02. The van der Waals surface area contributed by atoms with Crippen LogP contribution in [-0.2, 0) is 0 Å². The van der Waals surface area contributed by atoms with Crippen LogP contribution >= 0.6 is 0 Å². The minimum Gasteiger partial charge on any atom is -0.328 e. The van der Waals surface area contributed by atoms with E-state index in [9.17, 15) is 9.59 Å². The predicted octanol–water partition coefficient (Wildman–Crippen LogP) is 2.81. The molecule has 1 amide bonds. The molecule has 2 aromatic carbocycles. The van der Waals surface area contributed by atoms with Crippen LogP contribution < -0.4 is 5.32 Å². The molecule has 3 nitrogen and oxygen atoms in total. The van der Waals surface area contributed by atoms with E-state index in [-0.39, 0.29) is 11.7 Å². The van der Waals surface area contributed by atoms with Crippen LogP contribution in [0, 0.1) is 0 Å². The van der Waals surface area contributed by atoms with Crippen molar-refractivity contribution in [1.29, 1.82) is 0 Å². The molecule has 19 heavy (non-hydrogen) atoms. The van der Waals surface area contributed by atoms with Crippen LogP contribution in [0.5, 0.6) is 0 Å². The van der Waals surface area contributed by atoms with Crippen molar-refractivity contribution in [3.8, 4) is 0 Å². The first-order valence-corrected chi connectivity index (χ1v) is 5.89. The Kier molecular flexibility index (Phi) is 4.24. The van der Waals surface area contributed by atoms with Gasteiger partial charge in [0.2, 0.25) is 0 Å². The predicted molar refractivity (Wildman–Crippen MR) is 73.8 cm³/mol. The zero-order valence-electron chi connectivity index (χ0n) is 10.2. The van der Waals surface area contributed by atoms with Crippen LogP contribution in [0.15, 0.2) is 72.9 Å². The lowest BCUT2D eigenvalue weighted by Crippen LogP contribution is -2.17. The minimum absolute atomic E-state index is 0.144. The molecule has 3 heteroatoms. The van der Waals surface area contributed by atoms with Gasteiger partial charge < -0.3 is 5.32 Å². The van der Waals surface area contributed by atoms with Gasteiger partial charge in [0, 0.05) is 23.4 Å². The summed E-state index contributed by atoms with van der Waals surface area (Å²) in [5.41, 5.74) is 1.15. The van der Waals surface area contributed by atoms with Crippen molar-refractivity contribution in [1.82, 2.24) is 5.32 Å². The number of allylic oxidation sites excluding steroid dienone is 1. The summed E-state index contributed by atoms with van der Waals surface area (Å²) in [4.78, 5) is 23.4. The quantitative estimate of drug-likeness (QED) is 0.671. The van der Waals surface area contributed by atoms with Crippen LogP contribution in [0.25, 0.3) is 0 Å². The fourth-order valence-electron chi connectivity index (χ4n) is 1.56. The Morgan fingerprint density at radius 2 is 1.32 bits per heavy atom. The van der Waals surface area contributed by atoms with Gasteiger partial charge in [0.15, 0.2) is 5.78 Å². The van der Waals surface area contributed by atoms with Crippen molar-refractivity contribution in [2.45, 2.75) is 0 Å². The van der Waals surface area contributed by atoms with Crippen molar-refractivity contribution < 1.29 is 9.59 Å². The molecule has 0 bridgehead atoms. The molecule has 0 fully saturated rings. The second-order valence-corrected chi connectivity index (χ2v) is 3.90. The molecule has 0 radical (unpaired) electrons. The average Bonchev–Trinajstić information content (AvgIpc) is 2.49. The number of ketones is 1. The van der Waals surface area contributed by atoms with Gasteiger partial charge in [0.05, 0.1) is 0 Å². The van der Waals surface area contributed by atoms with Gasteiger partial charge in [-0.25, -0.2) is 0 Å². The number of carbonyl (C=O) groups is 2. The lowest BCUT2D eigenvalue weighted by molar-refractivity contribution is 0.0970. The van der Waals surface area contributed by atoms with Gasteiger partial charge in [0.25, 0.3) is 5.91 Å². The van der Waals surface area contributed by atoms with Crippen molar-refractivity contribution in [3.63, 3.8) is 0 Å². The van der Waals surface area contributed by atoms with Crippen LogP contribution in [0.3, 0.4) is 0 Å². The summed E-state index contributed by atoms with van der Waals surface area (Å²) in [6, 6.07) is 17.7. The van der Waals surface area contributed by atoms with Crippen molar-refractivity contribution in [2.24, 2.45) is 0 Å². The Bertz CT molecular complexity index is 589. The molecule has 0 unspecified atom stereocenters. The summed E-state index contributed by atoms with van der Waals surface area (Å²) >= 11 is 0. The van der Waals surface area contributed by atoms with Gasteiger partial charge in [-0.05, 0) is 12.1 Å². The molecule has 0 aromatic heterocycles. The Morgan fingerprint density at radius 1 is 0.789 bits per heavy atom. The average molecular weight is 251 g/mol. The zero-order valence-corrected chi connectivity index (χ0v) is 10.2. The van der Waals surface area contributed by atoms with E-state index in [1.165, 1.54) is 12.3 Å². The first kappa shape index (κ1) is 12.8. The molecule has 0 spiro atoms. The Balaban J connectivity index is 1.94. The fraction of sp³-hybridized carbons (Fsp3) is 0.